The summed E-state index contributed by atoms with van der Waals surface area (Å²) in [4.78, 5) is 16.7. The highest BCUT2D eigenvalue weighted by atomic mass is 19.1. The van der Waals surface area contributed by atoms with E-state index >= 15 is 0 Å². The van der Waals surface area contributed by atoms with E-state index < -0.39 is 11.6 Å². The fourth-order valence-corrected chi connectivity index (χ4v) is 4.37. The lowest BCUT2D eigenvalue weighted by atomic mass is 9.99. The molecule has 3 nitrogen and oxygen atoms in total. The highest BCUT2D eigenvalue weighted by Crippen LogP contribution is 2.33. The van der Waals surface area contributed by atoms with Gasteiger partial charge in [0.25, 0.3) is 0 Å². The van der Waals surface area contributed by atoms with Gasteiger partial charge >= 0.3 is 0 Å². The zero-order valence-corrected chi connectivity index (χ0v) is 19.5. The van der Waals surface area contributed by atoms with E-state index in [2.05, 4.69) is 17.2 Å². The van der Waals surface area contributed by atoms with Gasteiger partial charge in [-0.25, -0.2) is 8.78 Å². The minimum Gasteiger partial charge on any atom is -0.326 e. The molecule has 1 aliphatic heterocycles. The van der Waals surface area contributed by atoms with Gasteiger partial charge in [0.1, 0.15) is 11.6 Å². The minimum absolute atomic E-state index is 0.00485. The Hall–Kier alpha value is -3.34. The maximum Gasteiger partial charge on any atom is 0.224 e. The molecular formula is C29H30F2N2O. The van der Waals surface area contributed by atoms with Crippen LogP contribution in [0.5, 0.6) is 0 Å². The topological polar surface area (TPSA) is 41.5 Å². The molecule has 1 aliphatic rings. The van der Waals surface area contributed by atoms with Gasteiger partial charge in [-0.1, -0.05) is 68.7 Å². The van der Waals surface area contributed by atoms with Crippen LogP contribution in [0, 0.1) is 11.6 Å². The van der Waals surface area contributed by atoms with Crippen molar-refractivity contribution in [2.75, 3.05) is 5.32 Å². The highest BCUT2D eigenvalue weighted by molar-refractivity contribution is 6.02. The number of hydrogen-bond acceptors (Lipinski definition) is 2. The molecule has 1 N–H and O–H groups in total. The summed E-state index contributed by atoms with van der Waals surface area (Å²) in [5.74, 6) is -1.07. The maximum atomic E-state index is 14.1. The van der Waals surface area contributed by atoms with Crippen molar-refractivity contribution in [3.8, 4) is 11.1 Å². The largest absolute Gasteiger partial charge is 0.326 e. The number of carbonyl (C=O) groups is 1. The number of anilines is 1. The summed E-state index contributed by atoms with van der Waals surface area (Å²) in [6, 6.07) is 19.8. The number of halogens is 2. The molecule has 0 saturated heterocycles. The maximum absolute atomic E-state index is 14.1. The third kappa shape index (κ3) is 5.77. The molecule has 5 heteroatoms. The van der Waals surface area contributed by atoms with E-state index in [4.69, 9.17) is 0 Å². The van der Waals surface area contributed by atoms with E-state index in [0.717, 1.165) is 48.1 Å². The molecule has 1 heterocycles. The molecule has 0 fully saturated rings. The van der Waals surface area contributed by atoms with Crippen molar-refractivity contribution in [2.45, 2.75) is 57.9 Å². The van der Waals surface area contributed by atoms with Crippen molar-refractivity contribution in [2.24, 2.45) is 4.99 Å². The minimum atomic E-state index is -0.564. The summed E-state index contributed by atoms with van der Waals surface area (Å²) in [7, 11) is 0. The zero-order chi connectivity index (χ0) is 23.9. The van der Waals surface area contributed by atoms with Gasteiger partial charge in [0.2, 0.25) is 5.91 Å². The Morgan fingerprint density at radius 1 is 0.912 bits per heavy atom. The average Bonchev–Trinajstić information content (AvgIpc) is 3.32. The standard InChI is InChI=1S/C29H30F2N2O/c1-2-3-4-5-9-28(34)32-23-16-14-21(15-17-23)20-10-12-22(13-11-20)26-18-19-27(33-26)29-24(30)7-6-8-25(29)31/h6-8,10-17,26H,2-5,9,18-19H2,1H3,(H,32,34). The van der Waals surface area contributed by atoms with Crippen molar-refractivity contribution in [3.63, 3.8) is 0 Å². The summed E-state index contributed by atoms with van der Waals surface area (Å²) in [6.45, 7) is 2.16. The van der Waals surface area contributed by atoms with Gasteiger partial charge in [-0.15, -0.1) is 0 Å². The van der Waals surface area contributed by atoms with Gasteiger partial charge in [0.15, 0.2) is 0 Å². The molecule has 1 atom stereocenters. The van der Waals surface area contributed by atoms with Gasteiger partial charge in [0.05, 0.1) is 11.6 Å². The van der Waals surface area contributed by atoms with Crippen LogP contribution in [0.25, 0.3) is 11.1 Å². The first-order valence-electron chi connectivity index (χ1n) is 12.1. The molecular weight excluding hydrogens is 430 g/mol. The van der Waals surface area contributed by atoms with Gasteiger partial charge < -0.3 is 5.32 Å². The Bertz CT molecular complexity index is 1130. The lowest BCUT2D eigenvalue weighted by Gasteiger charge is -2.10. The molecule has 0 spiro atoms. The molecule has 4 rings (SSSR count). The van der Waals surface area contributed by atoms with Crippen molar-refractivity contribution < 1.29 is 13.6 Å². The average molecular weight is 461 g/mol. The smallest absolute Gasteiger partial charge is 0.224 e. The second-order valence-electron chi connectivity index (χ2n) is 8.79. The van der Waals surface area contributed by atoms with E-state index in [1.54, 1.807) is 0 Å². The Morgan fingerprint density at radius 3 is 2.21 bits per heavy atom. The van der Waals surface area contributed by atoms with Crippen molar-refractivity contribution >= 4 is 17.3 Å². The molecule has 176 valence electrons. The predicted octanol–water partition coefficient (Wildman–Crippen LogP) is 7.86. The van der Waals surface area contributed by atoms with Crippen LogP contribution in [0.15, 0.2) is 71.7 Å². The molecule has 1 amide bonds. The summed E-state index contributed by atoms with van der Waals surface area (Å²) in [6.07, 6.45) is 6.17. The van der Waals surface area contributed by atoms with Gasteiger partial charge in [-0.05, 0) is 60.2 Å². The summed E-state index contributed by atoms with van der Waals surface area (Å²) in [5.41, 5.74) is 4.43. The van der Waals surface area contributed by atoms with Crippen LogP contribution in [0.2, 0.25) is 0 Å². The van der Waals surface area contributed by atoms with Crippen molar-refractivity contribution in [1.82, 2.24) is 0 Å². The van der Waals surface area contributed by atoms with E-state index in [1.165, 1.54) is 24.6 Å². The van der Waals surface area contributed by atoms with Gasteiger partial charge in [-0.3, -0.25) is 9.79 Å². The zero-order valence-electron chi connectivity index (χ0n) is 19.5. The molecule has 1 unspecified atom stereocenters. The van der Waals surface area contributed by atoms with Crippen LogP contribution in [0.1, 0.15) is 69.0 Å². The number of rotatable bonds is 9. The molecule has 0 bridgehead atoms. The van der Waals surface area contributed by atoms with Crippen LogP contribution in [0.3, 0.4) is 0 Å². The van der Waals surface area contributed by atoms with E-state index in [1.807, 2.05) is 48.5 Å². The quantitative estimate of drug-likeness (QED) is 0.324. The van der Waals surface area contributed by atoms with Crippen LogP contribution in [-0.4, -0.2) is 11.6 Å². The number of carbonyl (C=O) groups excluding carboxylic acids is 1. The summed E-state index contributed by atoms with van der Waals surface area (Å²) >= 11 is 0. The number of aliphatic imine (C=N–C) groups is 1. The van der Waals surface area contributed by atoms with Crippen LogP contribution in [0.4, 0.5) is 14.5 Å². The van der Waals surface area contributed by atoms with Gasteiger partial charge in [0, 0.05) is 17.8 Å². The van der Waals surface area contributed by atoms with E-state index in [0.29, 0.717) is 18.6 Å². The van der Waals surface area contributed by atoms with Crippen LogP contribution in [-0.2, 0) is 4.79 Å². The Morgan fingerprint density at radius 2 is 1.56 bits per heavy atom. The van der Waals surface area contributed by atoms with Crippen LogP contribution < -0.4 is 5.32 Å². The Kier molecular flexibility index (Phi) is 7.84. The first-order chi connectivity index (χ1) is 16.5. The second-order valence-corrected chi connectivity index (χ2v) is 8.79. The monoisotopic (exact) mass is 460 g/mol. The first-order valence-corrected chi connectivity index (χ1v) is 12.1. The SMILES string of the molecule is CCCCCCC(=O)Nc1ccc(-c2ccc(C3CCC(c4c(F)cccc4F)=N3)cc2)cc1. The Balaban J connectivity index is 1.38. The fraction of sp³-hybridized carbons (Fsp3) is 0.310. The lowest BCUT2D eigenvalue weighted by molar-refractivity contribution is -0.116. The number of benzene rings is 3. The first kappa shape index (κ1) is 23.8. The molecule has 0 saturated carbocycles. The van der Waals surface area contributed by atoms with E-state index in [9.17, 15) is 13.6 Å². The summed E-state index contributed by atoms with van der Waals surface area (Å²) < 4.78 is 28.2. The molecule has 0 aromatic heterocycles. The predicted molar refractivity (Wildman–Crippen MR) is 134 cm³/mol. The van der Waals surface area contributed by atoms with Gasteiger partial charge in [-0.2, -0.15) is 0 Å². The molecule has 0 radical (unpaired) electrons. The molecule has 3 aromatic rings. The number of unbranched alkanes of at least 4 members (excludes halogenated alkanes) is 3. The summed E-state index contributed by atoms with van der Waals surface area (Å²) in [5, 5.41) is 2.96. The van der Waals surface area contributed by atoms with Crippen molar-refractivity contribution in [1.29, 1.82) is 0 Å². The normalized spacial score (nSPS) is 15.3. The third-order valence-electron chi connectivity index (χ3n) is 6.27. The fourth-order valence-electron chi connectivity index (χ4n) is 4.37. The second kappa shape index (κ2) is 11.2. The number of nitrogens with zero attached hydrogens (tertiary/aromatic N) is 1. The van der Waals surface area contributed by atoms with Crippen molar-refractivity contribution in [3.05, 3.63) is 89.5 Å². The number of amides is 1. The Labute approximate surface area is 199 Å². The number of nitrogens with one attached hydrogen (secondary N) is 1. The highest BCUT2D eigenvalue weighted by Gasteiger charge is 2.24. The number of hydrogen-bond donors (Lipinski definition) is 1. The van der Waals surface area contributed by atoms with Crippen LogP contribution >= 0.6 is 0 Å². The molecule has 34 heavy (non-hydrogen) atoms. The third-order valence-corrected chi connectivity index (χ3v) is 6.27. The molecule has 0 aliphatic carbocycles. The lowest BCUT2D eigenvalue weighted by Crippen LogP contribution is -2.10. The molecule has 3 aromatic carbocycles. The van der Waals surface area contributed by atoms with E-state index in [-0.39, 0.29) is 17.5 Å².